The molecule has 0 radical (unpaired) electrons. The molecule has 0 aliphatic carbocycles. The third kappa shape index (κ3) is 4.36. The quantitative estimate of drug-likeness (QED) is 0.862. The van der Waals surface area contributed by atoms with Crippen molar-refractivity contribution in [3.05, 3.63) is 30.3 Å². The average Bonchev–Trinajstić information content (AvgIpc) is 3.11. The Labute approximate surface area is 154 Å². The molecular formula is C20H28N2O4. The van der Waals surface area contributed by atoms with E-state index in [1.165, 1.54) is 0 Å². The minimum Gasteiger partial charge on any atom is -0.484 e. The molecular weight excluding hydrogens is 332 g/mol. The van der Waals surface area contributed by atoms with E-state index in [4.69, 9.17) is 4.74 Å². The fourth-order valence-corrected chi connectivity index (χ4v) is 4.22. The number of ether oxygens (including phenoxy) is 1. The van der Waals surface area contributed by atoms with Crippen molar-refractivity contribution < 1.29 is 19.4 Å². The summed E-state index contributed by atoms with van der Waals surface area (Å²) in [5.41, 5.74) is 0. The second-order valence-electron chi connectivity index (χ2n) is 7.35. The lowest BCUT2D eigenvalue weighted by atomic mass is 9.79. The first-order valence-corrected chi connectivity index (χ1v) is 9.40. The third-order valence-electron chi connectivity index (χ3n) is 5.77. The molecule has 6 nitrogen and oxygen atoms in total. The van der Waals surface area contributed by atoms with Crippen LogP contribution in [0.3, 0.4) is 0 Å². The first-order valence-electron chi connectivity index (χ1n) is 9.40. The number of para-hydroxylation sites is 1. The number of likely N-dealkylation sites (tertiary alicyclic amines) is 2. The molecule has 2 atom stereocenters. The number of amides is 2. The third-order valence-corrected chi connectivity index (χ3v) is 5.77. The number of rotatable bonds is 5. The lowest BCUT2D eigenvalue weighted by Gasteiger charge is -2.35. The second kappa shape index (κ2) is 8.54. The van der Waals surface area contributed by atoms with Gasteiger partial charge in [-0.15, -0.1) is 0 Å². The van der Waals surface area contributed by atoms with E-state index in [1.807, 2.05) is 40.1 Å². The molecule has 0 unspecified atom stereocenters. The molecule has 2 heterocycles. The van der Waals surface area contributed by atoms with Gasteiger partial charge in [0.1, 0.15) is 5.75 Å². The number of nitrogens with zero attached hydrogens (tertiary/aromatic N) is 2. The van der Waals surface area contributed by atoms with Crippen LogP contribution in [0.1, 0.15) is 19.8 Å². The van der Waals surface area contributed by atoms with Gasteiger partial charge < -0.3 is 19.6 Å². The molecule has 0 saturated carbocycles. The summed E-state index contributed by atoms with van der Waals surface area (Å²) in [5, 5.41) is 9.78. The monoisotopic (exact) mass is 360 g/mol. The number of piperidine rings is 1. The minimum atomic E-state index is -0.0315. The Morgan fingerprint density at radius 3 is 2.42 bits per heavy atom. The normalized spacial score (nSPS) is 23.9. The van der Waals surface area contributed by atoms with E-state index in [-0.39, 0.29) is 30.9 Å². The summed E-state index contributed by atoms with van der Waals surface area (Å²) < 4.78 is 5.57. The van der Waals surface area contributed by atoms with Crippen molar-refractivity contribution in [3.63, 3.8) is 0 Å². The van der Waals surface area contributed by atoms with Gasteiger partial charge in [0, 0.05) is 45.6 Å². The molecule has 0 aromatic heterocycles. The Kier molecular flexibility index (Phi) is 6.14. The van der Waals surface area contributed by atoms with Crippen LogP contribution in [0.5, 0.6) is 5.75 Å². The summed E-state index contributed by atoms with van der Waals surface area (Å²) in [7, 11) is 0. The zero-order valence-corrected chi connectivity index (χ0v) is 15.3. The van der Waals surface area contributed by atoms with E-state index in [2.05, 4.69) is 0 Å². The van der Waals surface area contributed by atoms with Gasteiger partial charge in [0.25, 0.3) is 5.91 Å². The number of benzene rings is 1. The predicted octanol–water partition coefficient (Wildman–Crippen LogP) is 1.39. The van der Waals surface area contributed by atoms with Crippen molar-refractivity contribution in [2.24, 2.45) is 17.8 Å². The Morgan fingerprint density at radius 2 is 1.81 bits per heavy atom. The summed E-state index contributed by atoms with van der Waals surface area (Å²) in [4.78, 5) is 27.7. The highest BCUT2D eigenvalue weighted by atomic mass is 16.5. The topological polar surface area (TPSA) is 70.1 Å². The van der Waals surface area contributed by atoms with Gasteiger partial charge in [0.15, 0.2) is 6.61 Å². The van der Waals surface area contributed by atoms with Gasteiger partial charge in [-0.25, -0.2) is 0 Å². The van der Waals surface area contributed by atoms with E-state index < -0.39 is 0 Å². The first kappa shape index (κ1) is 18.7. The van der Waals surface area contributed by atoms with Crippen molar-refractivity contribution in [3.8, 4) is 5.75 Å². The number of hydrogen-bond acceptors (Lipinski definition) is 4. The Balaban J connectivity index is 1.53. The molecule has 1 aromatic carbocycles. The van der Waals surface area contributed by atoms with Crippen LogP contribution in [-0.4, -0.2) is 66.1 Å². The lowest BCUT2D eigenvalue weighted by molar-refractivity contribution is -0.132. The maximum Gasteiger partial charge on any atom is 0.260 e. The Hall–Kier alpha value is -2.08. The SMILES string of the molecule is CC(=O)N1CCC([C@@H]2CN(C(=O)COc3ccccc3)C[C@H]2CO)CC1. The molecule has 26 heavy (non-hydrogen) atoms. The van der Waals surface area contributed by atoms with Crippen LogP contribution in [0.2, 0.25) is 0 Å². The number of aliphatic hydroxyl groups is 1. The van der Waals surface area contributed by atoms with Crippen molar-refractivity contribution in [2.45, 2.75) is 19.8 Å². The van der Waals surface area contributed by atoms with E-state index in [9.17, 15) is 14.7 Å². The summed E-state index contributed by atoms with van der Waals surface area (Å²) in [6.07, 6.45) is 1.90. The van der Waals surface area contributed by atoms with Crippen LogP contribution in [-0.2, 0) is 9.59 Å². The van der Waals surface area contributed by atoms with Gasteiger partial charge in [-0.1, -0.05) is 18.2 Å². The van der Waals surface area contributed by atoms with Gasteiger partial charge in [0.05, 0.1) is 0 Å². The van der Waals surface area contributed by atoms with E-state index in [1.54, 1.807) is 6.92 Å². The van der Waals surface area contributed by atoms with Crippen molar-refractivity contribution in [2.75, 3.05) is 39.4 Å². The molecule has 1 aromatic rings. The van der Waals surface area contributed by atoms with Crippen LogP contribution < -0.4 is 4.74 Å². The fourth-order valence-electron chi connectivity index (χ4n) is 4.22. The highest BCUT2D eigenvalue weighted by molar-refractivity contribution is 5.78. The number of hydrogen-bond donors (Lipinski definition) is 1. The van der Waals surface area contributed by atoms with Gasteiger partial charge in [0.2, 0.25) is 5.91 Å². The predicted molar refractivity (Wildman–Crippen MR) is 97.6 cm³/mol. The molecule has 2 saturated heterocycles. The lowest BCUT2D eigenvalue weighted by Crippen LogP contribution is -2.40. The van der Waals surface area contributed by atoms with E-state index in [0.29, 0.717) is 30.7 Å². The van der Waals surface area contributed by atoms with E-state index in [0.717, 1.165) is 25.9 Å². The molecule has 2 aliphatic rings. The molecule has 0 spiro atoms. The number of carbonyl (C=O) groups is 2. The Morgan fingerprint density at radius 1 is 1.12 bits per heavy atom. The fraction of sp³-hybridized carbons (Fsp3) is 0.600. The Bertz CT molecular complexity index is 613. The highest BCUT2D eigenvalue weighted by Gasteiger charge is 2.40. The molecule has 142 valence electrons. The van der Waals surface area contributed by atoms with Crippen LogP contribution in [0.4, 0.5) is 0 Å². The molecule has 2 fully saturated rings. The summed E-state index contributed by atoms with van der Waals surface area (Å²) in [5.74, 6) is 1.65. The van der Waals surface area contributed by atoms with Crippen LogP contribution in [0, 0.1) is 17.8 Å². The van der Waals surface area contributed by atoms with Crippen LogP contribution in [0.15, 0.2) is 30.3 Å². The van der Waals surface area contributed by atoms with Crippen LogP contribution in [0.25, 0.3) is 0 Å². The minimum absolute atomic E-state index is 0.0255. The highest BCUT2D eigenvalue weighted by Crippen LogP contribution is 2.35. The summed E-state index contributed by atoms with van der Waals surface area (Å²) in [6, 6.07) is 9.32. The second-order valence-corrected chi connectivity index (χ2v) is 7.35. The number of aliphatic hydroxyl groups excluding tert-OH is 1. The van der Waals surface area contributed by atoms with Crippen molar-refractivity contribution in [1.29, 1.82) is 0 Å². The average molecular weight is 360 g/mol. The zero-order valence-electron chi connectivity index (χ0n) is 15.3. The molecule has 6 heteroatoms. The van der Waals surface area contributed by atoms with Gasteiger partial charge in [-0.3, -0.25) is 9.59 Å². The molecule has 2 aliphatic heterocycles. The summed E-state index contributed by atoms with van der Waals surface area (Å²) in [6.45, 7) is 4.55. The standard InChI is InChI=1S/C20H28N2O4/c1-15(24)21-9-7-16(8-10-21)19-12-22(11-17(19)13-23)20(25)14-26-18-5-3-2-4-6-18/h2-6,16-17,19,23H,7-14H2,1H3/t17-,19-/m0/s1. The molecule has 0 bridgehead atoms. The molecule has 3 rings (SSSR count). The van der Waals surface area contributed by atoms with Crippen molar-refractivity contribution >= 4 is 11.8 Å². The largest absolute Gasteiger partial charge is 0.484 e. The van der Waals surface area contributed by atoms with Gasteiger partial charge >= 0.3 is 0 Å². The first-order chi connectivity index (χ1) is 12.6. The maximum absolute atomic E-state index is 12.5. The maximum atomic E-state index is 12.5. The molecule has 1 N–H and O–H groups in total. The smallest absolute Gasteiger partial charge is 0.260 e. The van der Waals surface area contributed by atoms with Crippen molar-refractivity contribution in [1.82, 2.24) is 9.80 Å². The molecule has 2 amide bonds. The number of carbonyl (C=O) groups excluding carboxylic acids is 2. The zero-order chi connectivity index (χ0) is 18.5. The van der Waals surface area contributed by atoms with E-state index >= 15 is 0 Å². The van der Waals surface area contributed by atoms with Gasteiger partial charge in [-0.2, -0.15) is 0 Å². The van der Waals surface area contributed by atoms with Gasteiger partial charge in [-0.05, 0) is 36.8 Å². The summed E-state index contributed by atoms with van der Waals surface area (Å²) >= 11 is 0. The van der Waals surface area contributed by atoms with Crippen LogP contribution >= 0.6 is 0 Å².